The van der Waals surface area contributed by atoms with Crippen LogP contribution in [0.25, 0.3) is 5.76 Å². The Hall–Kier alpha value is -2.79. The number of ketones is 1. The Morgan fingerprint density at radius 3 is 2.55 bits per heavy atom. The van der Waals surface area contributed by atoms with Crippen molar-refractivity contribution in [1.82, 2.24) is 4.90 Å². The number of rotatable bonds is 5. The summed E-state index contributed by atoms with van der Waals surface area (Å²) < 4.78 is 0. The Morgan fingerprint density at radius 2 is 1.84 bits per heavy atom. The summed E-state index contributed by atoms with van der Waals surface area (Å²) in [6, 6.07) is 9.63. The molecule has 6 heteroatoms. The topological polar surface area (TPSA) is 77.8 Å². The van der Waals surface area contributed by atoms with E-state index in [4.69, 9.17) is 11.6 Å². The number of amides is 1. The number of hydrogen-bond acceptors (Lipinski definition) is 4. The molecule has 2 aromatic rings. The molecule has 2 aliphatic rings. The minimum absolute atomic E-state index is 0.0682. The van der Waals surface area contributed by atoms with Crippen molar-refractivity contribution < 1.29 is 19.8 Å². The Kier molecular flexibility index (Phi) is 6.05. The van der Waals surface area contributed by atoms with E-state index in [1.807, 2.05) is 25.1 Å². The van der Waals surface area contributed by atoms with Gasteiger partial charge in [-0.25, -0.2) is 0 Å². The van der Waals surface area contributed by atoms with Crippen LogP contribution in [-0.2, 0) is 22.4 Å². The molecule has 0 aromatic heterocycles. The fraction of sp³-hybridized carbons (Fsp3) is 0.360. The van der Waals surface area contributed by atoms with Crippen LogP contribution in [0.1, 0.15) is 60.9 Å². The molecule has 1 amide bonds. The number of carbonyl (C=O) groups excluding carboxylic acids is 2. The Labute approximate surface area is 187 Å². The number of phenols is 1. The summed E-state index contributed by atoms with van der Waals surface area (Å²) in [6.07, 6.45) is 5.81. The van der Waals surface area contributed by atoms with Crippen molar-refractivity contribution >= 4 is 29.1 Å². The number of aromatic hydroxyl groups is 1. The van der Waals surface area contributed by atoms with Crippen molar-refractivity contribution in [3.05, 3.63) is 69.2 Å². The van der Waals surface area contributed by atoms with Gasteiger partial charge in [-0.2, -0.15) is 0 Å². The lowest BCUT2D eigenvalue weighted by atomic mass is 9.88. The molecular formula is C25H26ClNO4. The minimum atomic E-state index is -0.749. The molecule has 1 atom stereocenters. The van der Waals surface area contributed by atoms with E-state index >= 15 is 0 Å². The number of halogens is 1. The first-order chi connectivity index (χ1) is 14.9. The van der Waals surface area contributed by atoms with Crippen molar-refractivity contribution in [2.75, 3.05) is 6.54 Å². The summed E-state index contributed by atoms with van der Waals surface area (Å²) in [5.41, 5.74) is 3.65. The third-order valence-electron chi connectivity index (χ3n) is 6.20. The van der Waals surface area contributed by atoms with Crippen LogP contribution in [0.3, 0.4) is 0 Å². The van der Waals surface area contributed by atoms with Gasteiger partial charge in [0.25, 0.3) is 11.7 Å². The van der Waals surface area contributed by atoms with Crippen molar-refractivity contribution in [2.45, 2.75) is 51.5 Å². The van der Waals surface area contributed by atoms with Crippen LogP contribution in [0, 0.1) is 0 Å². The van der Waals surface area contributed by atoms with Gasteiger partial charge in [0.2, 0.25) is 0 Å². The third kappa shape index (κ3) is 3.94. The number of aliphatic hydroxyl groups excluding tert-OH is 1. The first kappa shape index (κ1) is 21.4. The maximum absolute atomic E-state index is 13.0. The number of likely N-dealkylation sites (tertiary alicyclic amines) is 1. The molecule has 0 spiro atoms. The number of benzene rings is 2. The molecular weight excluding hydrogens is 414 g/mol. The Morgan fingerprint density at radius 1 is 1.10 bits per heavy atom. The van der Waals surface area contributed by atoms with Crippen molar-refractivity contribution in [1.29, 1.82) is 0 Å². The van der Waals surface area contributed by atoms with Gasteiger partial charge in [0, 0.05) is 12.1 Å². The summed E-state index contributed by atoms with van der Waals surface area (Å²) in [7, 11) is 0. The second-order valence-electron chi connectivity index (χ2n) is 8.25. The van der Waals surface area contributed by atoms with Crippen LogP contribution < -0.4 is 0 Å². The van der Waals surface area contributed by atoms with E-state index in [1.54, 1.807) is 12.1 Å². The molecule has 5 nitrogen and oxygen atoms in total. The molecule has 2 N–H and O–H groups in total. The summed E-state index contributed by atoms with van der Waals surface area (Å²) in [6.45, 7) is 2.40. The highest BCUT2D eigenvalue weighted by Gasteiger charge is 2.45. The average Bonchev–Trinajstić information content (AvgIpc) is 3.03. The van der Waals surface area contributed by atoms with E-state index in [0.717, 1.165) is 38.5 Å². The lowest BCUT2D eigenvalue weighted by Crippen LogP contribution is -2.30. The lowest BCUT2D eigenvalue weighted by Gasteiger charge is -2.25. The third-order valence-corrected chi connectivity index (χ3v) is 6.50. The molecule has 1 aliphatic heterocycles. The molecule has 31 heavy (non-hydrogen) atoms. The number of hydrogen-bond donors (Lipinski definition) is 2. The molecule has 2 aromatic carbocycles. The van der Waals surface area contributed by atoms with Crippen LogP contribution in [-0.4, -0.2) is 33.3 Å². The van der Waals surface area contributed by atoms with E-state index < -0.39 is 17.7 Å². The molecule has 1 aliphatic carbocycles. The van der Waals surface area contributed by atoms with Crippen molar-refractivity contribution in [3.63, 3.8) is 0 Å². The highest BCUT2D eigenvalue weighted by atomic mass is 35.5. The van der Waals surface area contributed by atoms with Gasteiger partial charge in [0.05, 0.1) is 16.6 Å². The van der Waals surface area contributed by atoms with E-state index in [0.29, 0.717) is 17.7 Å². The Bertz CT molecular complexity index is 1080. The zero-order valence-electron chi connectivity index (χ0n) is 17.5. The summed E-state index contributed by atoms with van der Waals surface area (Å²) in [5.74, 6) is -1.56. The van der Waals surface area contributed by atoms with Crippen molar-refractivity contribution in [2.24, 2.45) is 0 Å². The van der Waals surface area contributed by atoms with Crippen LogP contribution >= 0.6 is 11.6 Å². The van der Waals surface area contributed by atoms with Crippen LogP contribution in [0.4, 0.5) is 0 Å². The van der Waals surface area contributed by atoms with Crippen LogP contribution in [0.2, 0.25) is 5.02 Å². The standard InChI is InChI=1S/C25H26ClNO4/c1-2-3-12-27-22(17-10-11-20(28)19(26)14-17)21(24(30)25(27)31)23(29)18-9-8-15-6-4-5-7-16(15)13-18/h8-11,13-14,22,28-29H,2-7,12H2,1H3/b23-21-. The summed E-state index contributed by atoms with van der Waals surface area (Å²) >= 11 is 6.12. The maximum Gasteiger partial charge on any atom is 0.295 e. The van der Waals surface area contributed by atoms with E-state index in [9.17, 15) is 19.8 Å². The number of carbonyl (C=O) groups is 2. The normalized spacial score (nSPS) is 20.2. The molecule has 0 radical (unpaired) electrons. The molecule has 0 saturated carbocycles. The number of aliphatic hydroxyl groups is 1. The molecule has 1 heterocycles. The number of unbranched alkanes of at least 4 members (excludes halogenated alkanes) is 1. The van der Waals surface area contributed by atoms with Crippen LogP contribution in [0.15, 0.2) is 42.0 Å². The monoisotopic (exact) mass is 439 g/mol. The highest BCUT2D eigenvalue weighted by molar-refractivity contribution is 6.46. The fourth-order valence-corrected chi connectivity index (χ4v) is 4.70. The SMILES string of the molecule is CCCCN1C(=O)C(=O)/C(=C(\O)c2ccc3c(c2)CCCC3)C1c1ccc(O)c(Cl)c1. The first-order valence-corrected chi connectivity index (χ1v) is 11.2. The lowest BCUT2D eigenvalue weighted by molar-refractivity contribution is -0.139. The first-order valence-electron chi connectivity index (χ1n) is 10.8. The Balaban J connectivity index is 1.85. The quantitative estimate of drug-likeness (QED) is 0.384. The predicted octanol–water partition coefficient (Wildman–Crippen LogP) is 5.15. The van der Waals surface area contributed by atoms with Gasteiger partial charge >= 0.3 is 0 Å². The molecule has 1 fully saturated rings. The number of aryl methyl sites for hydroxylation is 2. The van der Waals surface area contributed by atoms with Gasteiger partial charge in [-0.3, -0.25) is 9.59 Å². The molecule has 1 saturated heterocycles. The summed E-state index contributed by atoms with van der Waals surface area (Å²) in [5, 5.41) is 21.2. The van der Waals surface area contributed by atoms with E-state index in [-0.39, 0.29) is 22.1 Å². The largest absolute Gasteiger partial charge is 0.507 e. The van der Waals surface area contributed by atoms with Crippen molar-refractivity contribution in [3.8, 4) is 5.75 Å². The molecule has 162 valence electrons. The molecule has 1 unspecified atom stereocenters. The maximum atomic E-state index is 13.0. The van der Waals surface area contributed by atoms with Gasteiger partial charge in [-0.1, -0.05) is 43.1 Å². The second-order valence-corrected chi connectivity index (χ2v) is 8.65. The van der Waals surface area contributed by atoms with Crippen LogP contribution in [0.5, 0.6) is 5.75 Å². The van der Waals surface area contributed by atoms with E-state index in [1.165, 1.54) is 22.1 Å². The number of nitrogens with zero attached hydrogens (tertiary/aromatic N) is 1. The molecule has 4 rings (SSSR count). The number of Topliss-reactive ketones (excluding diaryl/α,β-unsaturated/α-hetero) is 1. The van der Waals surface area contributed by atoms with Gasteiger partial charge in [-0.05, 0) is 67.0 Å². The average molecular weight is 440 g/mol. The number of fused-ring (bicyclic) bond motifs is 1. The fourth-order valence-electron chi connectivity index (χ4n) is 4.52. The van der Waals surface area contributed by atoms with E-state index in [2.05, 4.69) is 0 Å². The summed E-state index contributed by atoms with van der Waals surface area (Å²) in [4.78, 5) is 27.4. The van der Waals surface area contributed by atoms with Gasteiger partial charge in [0.15, 0.2) is 0 Å². The number of phenolic OH excluding ortho intramolecular Hbond substituents is 1. The zero-order chi connectivity index (χ0) is 22.1. The predicted molar refractivity (Wildman–Crippen MR) is 120 cm³/mol. The second kappa shape index (κ2) is 8.75. The van der Waals surface area contributed by atoms with Gasteiger partial charge in [-0.15, -0.1) is 0 Å². The van der Waals surface area contributed by atoms with Gasteiger partial charge in [0.1, 0.15) is 11.5 Å². The molecule has 0 bridgehead atoms. The highest BCUT2D eigenvalue weighted by Crippen LogP contribution is 2.41. The van der Waals surface area contributed by atoms with Gasteiger partial charge < -0.3 is 15.1 Å². The smallest absolute Gasteiger partial charge is 0.295 e. The minimum Gasteiger partial charge on any atom is -0.507 e. The zero-order valence-corrected chi connectivity index (χ0v) is 18.3.